The number of nitrogens with zero attached hydrogens (tertiary/aromatic N) is 5. The molecule has 1 atom stereocenters. The van der Waals surface area contributed by atoms with Gasteiger partial charge in [0, 0.05) is 30.4 Å². The number of ether oxygens (including phenoxy) is 1. The van der Waals surface area contributed by atoms with Gasteiger partial charge in [-0.05, 0) is 33.0 Å². The summed E-state index contributed by atoms with van der Waals surface area (Å²) in [7, 11) is 5.83. The molecule has 0 bridgehead atoms. The Bertz CT molecular complexity index is 902. The second kappa shape index (κ2) is 6.92. The molecule has 4 rings (SSSR count). The zero-order valence-corrected chi connectivity index (χ0v) is 15.4. The van der Waals surface area contributed by atoms with E-state index in [2.05, 4.69) is 50.0 Å². The molecule has 7 nitrogen and oxygen atoms in total. The van der Waals surface area contributed by atoms with Crippen LogP contribution in [-0.4, -0.2) is 52.2 Å². The third-order valence-electron chi connectivity index (χ3n) is 4.88. The average Bonchev–Trinajstić information content (AvgIpc) is 3.41. The highest BCUT2D eigenvalue weighted by molar-refractivity contribution is 5.62. The molecule has 1 aliphatic rings. The number of methoxy groups -OCH3 is 1. The van der Waals surface area contributed by atoms with Crippen molar-refractivity contribution in [3.63, 3.8) is 0 Å². The minimum absolute atomic E-state index is 0.138. The standard InChI is InChI=1S/C19H24N6O/c1-24(2)15(14-6-4-5-7-16(14)26-3)12-21-17-19-23-22-18(13-8-9-13)25(19)11-10-20-17/h4-7,10-11,13,15H,8-9,12H2,1-3H3,(H,20,21). The summed E-state index contributed by atoms with van der Waals surface area (Å²) >= 11 is 0. The van der Waals surface area contributed by atoms with Gasteiger partial charge < -0.3 is 15.0 Å². The van der Waals surface area contributed by atoms with Gasteiger partial charge in [-0.1, -0.05) is 18.2 Å². The smallest absolute Gasteiger partial charge is 0.203 e. The van der Waals surface area contributed by atoms with E-state index in [0.717, 1.165) is 28.6 Å². The van der Waals surface area contributed by atoms with E-state index in [-0.39, 0.29) is 6.04 Å². The molecular weight excluding hydrogens is 328 g/mol. The van der Waals surface area contributed by atoms with Crippen LogP contribution in [0.5, 0.6) is 5.75 Å². The molecule has 1 aromatic carbocycles. The van der Waals surface area contributed by atoms with Crippen molar-refractivity contribution in [3.8, 4) is 5.75 Å². The molecule has 1 N–H and O–H groups in total. The fourth-order valence-corrected chi connectivity index (χ4v) is 3.29. The Balaban J connectivity index is 1.59. The number of hydrogen-bond donors (Lipinski definition) is 1. The van der Waals surface area contributed by atoms with Gasteiger partial charge in [-0.2, -0.15) is 0 Å². The Labute approximate surface area is 153 Å². The van der Waals surface area contributed by atoms with Crippen LogP contribution in [-0.2, 0) is 0 Å². The predicted molar refractivity (Wildman–Crippen MR) is 101 cm³/mol. The quantitative estimate of drug-likeness (QED) is 0.705. The topological polar surface area (TPSA) is 67.6 Å². The van der Waals surface area contributed by atoms with E-state index in [4.69, 9.17) is 4.74 Å². The first kappa shape index (κ1) is 16.8. The monoisotopic (exact) mass is 352 g/mol. The first-order valence-electron chi connectivity index (χ1n) is 8.92. The largest absolute Gasteiger partial charge is 0.496 e. The van der Waals surface area contributed by atoms with Gasteiger partial charge in [-0.3, -0.25) is 4.40 Å². The minimum atomic E-state index is 0.138. The van der Waals surface area contributed by atoms with E-state index >= 15 is 0 Å². The second-order valence-electron chi connectivity index (χ2n) is 6.90. The minimum Gasteiger partial charge on any atom is -0.496 e. The molecule has 136 valence electrons. The summed E-state index contributed by atoms with van der Waals surface area (Å²) in [5.74, 6) is 3.23. The maximum absolute atomic E-state index is 5.54. The molecule has 0 saturated heterocycles. The van der Waals surface area contributed by atoms with Crippen LogP contribution in [0.15, 0.2) is 36.7 Å². The van der Waals surface area contributed by atoms with Crippen molar-refractivity contribution >= 4 is 11.5 Å². The molecule has 1 aliphatic carbocycles. The Morgan fingerprint density at radius 1 is 1.27 bits per heavy atom. The number of anilines is 1. The summed E-state index contributed by atoms with van der Waals surface area (Å²) in [5.41, 5.74) is 1.92. The van der Waals surface area contributed by atoms with Crippen LogP contribution in [0.3, 0.4) is 0 Å². The normalized spacial score (nSPS) is 15.4. The Morgan fingerprint density at radius 2 is 2.08 bits per heavy atom. The van der Waals surface area contributed by atoms with Gasteiger partial charge in [0.2, 0.25) is 5.65 Å². The van der Waals surface area contributed by atoms with Gasteiger partial charge in [0.25, 0.3) is 0 Å². The van der Waals surface area contributed by atoms with Crippen molar-refractivity contribution in [2.75, 3.05) is 33.1 Å². The Kier molecular flexibility index (Phi) is 4.46. The molecule has 26 heavy (non-hydrogen) atoms. The molecule has 2 heterocycles. The van der Waals surface area contributed by atoms with E-state index in [1.807, 2.05) is 24.4 Å². The number of benzene rings is 1. The van der Waals surface area contributed by atoms with Crippen LogP contribution >= 0.6 is 0 Å². The summed E-state index contributed by atoms with van der Waals surface area (Å²) in [6.07, 6.45) is 6.14. The van der Waals surface area contributed by atoms with Crippen molar-refractivity contribution in [1.29, 1.82) is 0 Å². The van der Waals surface area contributed by atoms with Crippen molar-refractivity contribution in [2.24, 2.45) is 0 Å². The molecule has 1 fully saturated rings. The molecule has 0 spiro atoms. The summed E-state index contributed by atoms with van der Waals surface area (Å²) in [5, 5.41) is 12.2. The zero-order chi connectivity index (χ0) is 18.1. The summed E-state index contributed by atoms with van der Waals surface area (Å²) in [4.78, 5) is 6.65. The van der Waals surface area contributed by atoms with Gasteiger partial charge in [0.05, 0.1) is 13.2 Å². The van der Waals surface area contributed by atoms with E-state index < -0.39 is 0 Å². The second-order valence-corrected chi connectivity index (χ2v) is 6.90. The number of fused-ring (bicyclic) bond motifs is 1. The van der Waals surface area contributed by atoms with Crippen molar-refractivity contribution < 1.29 is 4.74 Å². The molecule has 7 heteroatoms. The van der Waals surface area contributed by atoms with Crippen LogP contribution < -0.4 is 10.1 Å². The summed E-state index contributed by atoms with van der Waals surface area (Å²) in [6.45, 7) is 0.686. The van der Waals surface area contributed by atoms with Gasteiger partial charge >= 0.3 is 0 Å². The lowest BCUT2D eigenvalue weighted by Gasteiger charge is -2.26. The SMILES string of the molecule is COc1ccccc1C(CNc1nccn2c(C3CC3)nnc12)N(C)C. The van der Waals surface area contributed by atoms with E-state index in [1.54, 1.807) is 13.3 Å². The highest BCUT2D eigenvalue weighted by atomic mass is 16.5. The first-order valence-corrected chi connectivity index (χ1v) is 8.92. The van der Waals surface area contributed by atoms with Crippen LogP contribution in [0.25, 0.3) is 5.65 Å². The predicted octanol–water partition coefficient (Wildman–Crippen LogP) is 2.73. The maximum atomic E-state index is 5.54. The molecule has 1 saturated carbocycles. The molecular formula is C19H24N6O. The van der Waals surface area contributed by atoms with E-state index in [1.165, 1.54) is 12.8 Å². The lowest BCUT2D eigenvalue weighted by molar-refractivity contribution is 0.300. The first-order chi connectivity index (χ1) is 12.7. The van der Waals surface area contributed by atoms with E-state index in [9.17, 15) is 0 Å². The molecule has 1 unspecified atom stereocenters. The molecule has 2 aromatic heterocycles. The number of aromatic nitrogens is 4. The Morgan fingerprint density at radius 3 is 2.81 bits per heavy atom. The molecule has 0 amide bonds. The van der Waals surface area contributed by atoms with E-state index in [0.29, 0.717) is 12.5 Å². The third-order valence-corrected chi connectivity index (χ3v) is 4.88. The molecule has 0 radical (unpaired) electrons. The van der Waals surface area contributed by atoms with Crippen molar-refractivity contribution in [2.45, 2.75) is 24.8 Å². The van der Waals surface area contributed by atoms with Crippen LogP contribution in [0.2, 0.25) is 0 Å². The number of hydrogen-bond acceptors (Lipinski definition) is 6. The van der Waals surface area contributed by atoms with Crippen LogP contribution in [0, 0.1) is 0 Å². The van der Waals surface area contributed by atoms with Gasteiger partial charge in [0.15, 0.2) is 5.82 Å². The number of rotatable bonds is 7. The summed E-state index contributed by atoms with van der Waals surface area (Å²) in [6, 6.07) is 8.25. The van der Waals surface area contributed by atoms with Gasteiger partial charge in [-0.25, -0.2) is 4.98 Å². The van der Waals surface area contributed by atoms with Gasteiger partial charge in [0.1, 0.15) is 11.6 Å². The lowest BCUT2D eigenvalue weighted by Crippen LogP contribution is -2.27. The van der Waals surface area contributed by atoms with Crippen molar-refractivity contribution in [1.82, 2.24) is 24.5 Å². The maximum Gasteiger partial charge on any atom is 0.203 e. The highest BCUT2D eigenvalue weighted by Crippen LogP contribution is 2.39. The zero-order valence-electron chi connectivity index (χ0n) is 15.4. The highest BCUT2D eigenvalue weighted by Gasteiger charge is 2.29. The van der Waals surface area contributed by atoms with Crippen LogP contribution in [0.1, 0.15) is 36.2 Å². The van der Waals surface area contributed by atoms with Crippen molar-refractivity contribution in [3.05, 3.63) is 48.0 Å². The number of likely N-dealkylation sites (N-methyl/N-ethyl adjacent to an activating group) is 1. The molecule has 3 aromatic rings. The van der Waals surface area contributed by atoms with Crippen LogP contribution in [0.4, 0.5) is 5.82 Å². The average molecular weight is 352 g/mol. The summed E-state index contributed by atoms with van der Waals surface area (Å²) < 4.78 is 7.60. The van der Waals surface area contributed by atoms with Gasteiger partial charge in [-0.15, -0.1) is 10.2 Å². The molecule has 0 aliphatic heterocycles. The fourth-order valence-electron chi connectivity index (χ4n) is 3.29. The third kappa shape index (κ3) is 3.10. The number of nitrogens with one attached hydrogen (secondary N) is 1. The number of para-hydroxylation sites is 1. The lowest BCUT2D eigenvalue weighted by atomic mass is 10.0. The Hall–Kier alpha value is -2.67. The fraction of sp³-hybridized carbons (Fsp3) is 0.421.